The Labute approximate surface area is 129 Å². The van der Waals surface area contributed by atoms with Crippen LogP contribution in [-0.4, -0.2) is 23.1 Å². The summed E-state index contributed by atoms with van der Waals surface area (Å²) in [5.74, 6) is 0. The number of nitrogens with zero attached hydrogens (tertiary/aromatic N) is 4. The zero-order valence-electron chi connectivity index (χ0n) is 11.6. The second-order valence-electron chi connectivity index (χ2n) is 5.10. The zero-order chi connectivity index (χ0) is 14.7. The summed E-state index contributed by atoms with van der Waals surface area (Å²) in [5, 5.41) is 9.65. The molecule has 0 bridgehead atoms. The van der Waals surface area contributed by atoms with E-state index in [2.05, 4.69) is 20.9 Å². The van der Waals surface area contributed by atoms with Crippen LogP contribution in [0.25, 0.3) is 11.3 Å². The molecule has 106 valence electrons. The van der Waals surface area contributed by atoms with E-state index in [1.165, 1.54) is 19.3 Å². The van der Waals surface area contributed by atoms with Crippen LogP contribution in [0.2, 0.25) is 5.28 Å². The normalized spacial score (nSPS) is 14.8. The highest BCUT2D eigenvalue weighted by Crippen LogP contribution is 2.28. The lowest BCUT2D eigenvalue weighted by Gasteiger charge is -2.29. The molecule has 0 saturated carbocycles. The number of aromatic nitrogens is 2. The molecule has 0 unspecified atom stereocenters. The summed E-state index contributed by atoms with van der Waals surface area (Å²) in [6, 6.07) is 9.97. The van der Waals surface area contributed by atoms with Crippen molar-refractivity contribution in [3.05, 3.63) is 41.3 Å². The van der Waals surface area contributed by atoms with Gasteiger partial charge in [0.1, 0.15) is 6.07 Å². The van der Waals surface area contributed by atoms with E-state index in [4.69, 9.17) is 11.6 Å². The summed E-state index contributed by atoms with van der Waals surface area (Å²) >= 11 is 5.83. The van der Waals surface area contributed by atoms with Crippen LogP contribution in [0.1, 0.15) is 24.8 Å². The van der Waals surface area contributed by atoms with Crippen LogP contribution in [0.3, 0.4) is 0 Å². The van der Waals surface area contributed by atoms with Crippen LogP contribution in [0.15, 0.2) is 30.5 Å². The van der Waals surface area contributed by atoms with E-state index in [0.29, 0.717) is 5.56 Å². The van der Waals surface area contributed by atoms with Gasteiger partial charge in [-0.05, 0) is 49.1 Å². The van der Waals surface area contributed by atoms with Gasteiger partial charge in [-0.25, -0.2) is 9.97 Å². The van der Waals surface area contributed by atoms with Crippen LogP contribution >= 0.6 is 11.6 Å². The molecule has 1 fully saturated rings. The Morgan fingerprint density at radius 1 is 1.14 bits per heavy atom. The number of halogens is 1. The minimum absolute atomic E-state index is 0.214. The molecular weight excluding hydrogens is 284 g/mol. The highest BCUT2D eigenvalue weighted by Gasteiger charge is 2.15. The summed E-state index contributed by atoms with van der Waals surface area (Å²) in [6.07, 6.45) is 5.27. The fourth-order valence-electron chi connectivity index (χ4n) is 2.69. The molecule has 0 spiro atoms. The molecule has 2 aromatic rings. The van der Waals surface area contributed by atoms with Crippen LogP contribution in [-0.2, 0) is 0 Å². The van der Waals surface area contributed by atoms with Gasteiger partial charge in [0.2, 0.25) is 5.28 Å². The highest BCUT2D eigenvalue weighted by molar-refractivity contribution is 6.28. The van der Waals surface area contributed by atoms with E-state index in [1.54, 1.807) is 12.3 Å². The molecule has 5 heteroatoms. The average molecular weight is 299 g/mol. The fraction of sp³-hybridized carbons (Fsp3) is 0.312. The maximum absolute atomic E-state index is 9.44. The zero-order valence-corrected chi connectivity index (χ0v) is 12.3. The van der Waals surface area contributed by atoms with E-state index in [0.717, 1.165) is 30.0 Å². The number of piperidine rings is 1. The Morgan fingerprint density at radius 2 is 1.95 bits per heavy atom. The van der Waals surface area contributed by atoms with Crippen molar-refractivity contribution in [1.29, 1.82) is 5.26 Å². The predicted octanol–water partition coefficient (Wildman–Crippen LogP) is 3.66. The van der Waals surface area contributed by atoms with Crippen LogP contribution < -0.4 is 4.90 Å². The van der Waals surface area contributed by atoms with Gasteiger partial charge in [0.25, 0.3) is 0 Å². The van der Waals surface area contributed by atoms with Gasteiger partial charge in [0.05, 0.1) is 16.9 Å². The summed E-state index contributed by atoms with van der Waals surface area (Å²) < 4.78 is 0. The third-order valence-corrected chi connectivity index (χ3v) is 3.92. The first-order valence-corrected chi connectivity index (χ1v) is 7.44. The summed E-state index contributed by atoms with van der Waals surface area (Å²) in [4.78, 5) is 10.4. The van der Waals surface area contributed by atoms with Crippen molar-refractivity contribution < 1.29 is 0 Å². The molecule has 21 heavy (non-hydrogen) atoms. The Morgan fingerprint density at radius 3 is 2.67 bits per heavy atom. The number of benzene rings is 1. The highest BCUT2D eigenvalue weighted by atomic mass is 35.5. The van der Waals surface area contributed by atoms with Crippen molar-refractivity contribution in [2.45, 2.75) is 19.3 Å². The molecule has 0 radical (unpaired) electrons. The first-order valence-electron chi connectivity index (χ1n) is 7.06. The number of anilines is 1. The maximum Gasteiger partial charge on any atom is 0.222 e. The summed E-state index contributed by atoms with van der Waals surface area (Å²) in [6.45, 7) is 2.04. The van der Waals surface area contributed by atoms with Crippen LogP contribution in [0, 0.1) is 11.3 Å². The third kappa shape index (κ3) is 2.98. The Balaban J connectivity index is 1.97. The van der Waals surface area contributed by atoms with Gasteiger partial charge in [-0.2, -0.15) is 5.26 Å². The number of hydrogen-bond donors (Lipinski definition) is 0. The van der Waals surface area contributed by atoms with E-state index < -0.39 is 0 Å². The first kappa shape index (κ1) is 13.8. The molecule has 2 heterocycles. The van der Waals surface area contributed by atoms with Crippen molar-refractivity contribution >= 4 is 17.3 Å². The summed E-state index contributed by atoms with van der Waals surface area (Å²) in [5.41, 5.74) is 3.32. The van der Waals surface area contributed by atoms with Gasteiger partial charge in [-0.1, -0.05) is 6.07 Å². The molecule has 0 atom stereocenters. The van der Waals surface area contributed by atoms with Crippen molar-refractivity contribution in [3.63, 3.8) is 0 Å². The number of rotatable bonds is 2. The van der Waals surface area contributed by atoms with Crippen LogP contribution in [0.5, 0.6) is 0 Å². The van der Waals surface area contributed by atoms with Crippen molar-refractivity contribution in [2.75, 3.05) is 18.0 Å². The average Bonchev–Trinajstić information content (AvgIpc) is 2.55. The molecular formula is C16H15ClN4. The van der Waals surface area contributed by atoms with Gasteiger partial charge in [-0.3, -0.25) is 0 Å². The molecule has 1 aliphatic rings. The van der Waals surface area contributed by atoms with E-state index in [1.807, 2.05) is 18.2 Å². The molecule has 3 rings (SSSR count). The van der Waals surface area contributed by atoms with Crippen molar-refractivity contribution in [3.8, 4) is 17.3 Å². The largest absolute Gasteiger partial charge is 0.370 e. The van der Waals surface area contributed by atoms with E-state index in [9.17, 15) is 5.26 Å². The van der Waals surface area contributed by atoms with Gasteiger partial charge in [0, 0.05) is 24.8 Å². The Hall–Kier alpha value is -2.12. The van der Waals surface area contributed by atoms with E-state index in [-0.39, 0.29) is 5.28 Å². The van der Waals surface area contributed by atoms with Gasteiger partial charge < -0.3 is 4.90 Å². The molecule has 1 aliphatic heterocycles. The molecule has 0 amide bonds. The second kappa shape index (κ2) is 6.11. The monoisotopic (exact) mass is 298 g/mol. The number of nitriles is 1. The third-order valence-electron chi connectivity index (χ3n) is 3.74. The van der Waals surface area contributed by atoms with Gasteiger partial charge in [-0.15, -0.1) is 0 Å². The van der Waals surface area contributed by atoms with Crippen LogP contribution in [0.4, 0.5) is 5.69 Å². The topological polar surface area (TPSA) is 52.8 Å². The molecule has 0 aliphatic carbocycles. The Kier molecular flexibility index (Phi) is 4.03. The fourth-order valence-corrected chi connectivity index (χ4v) is 2.84. The Bertz CT molecular complexity index is 687. The SMILES string of the molecule is N#Cc1cc(-c2ccnc(Cl)n2)ccc1N1CCCCC1. The molecule has 0 N–H and O–H groups in total. The lowest BCUT2D eigenvalue weighted by Crippen LogP contribution is -2.29. The molecule has 1 saturated heterocycles. The van der Waals surface area contributed by atoms with Crippen molar-refractivity contribution in [2.24, 2.45) is 0 Å². The predicted molar refractivity (Wildman–Crippen MR) is 83.3 cm³/mol. The molecule has 1 aromatic carbocycles. The maximum atomic E-state index is 9.44. The van der Waals surface area contributed by atoms with Gasteiger partial charge >= 0.3 is 0 Å². The standard InChI is InChI=1S/C16H15ClN4/c17-16-19-7-6-14(20-16)12-4-5-15(13(10-12)11-18)21-8-2-1-3-9-21/h4-7,10H,1-3,8-9H2. The smallest absolute Gasteiger partial charge is 0.222 e. The van der Waals surface area contributed by atoms with E-state index >= 15 is 0 Å². The lowest BCUT2D eigenvalue weighted by molar-refractivity contribution is 0.577. The minimum Gasteiger partial charge on any atom is -0.370 e. The summed E-state index contributed by atoms with van der Waals surface area (Å²) in [7, 11) is 0. The second-order valence-corrected chi connectivity index (χ2v) is 5.44. The number of hydrogen-bond acceptors (Lipinski definition) is 4. The van der Waals surface area contributed by atoms with Gasteiger partial charge in [0.15, 0.2) is 0 Å². The van der Waals surface area contributed by atoms with Crippen molar-refractivity contribution in [1.82, 2.24) is 9.97 Å². The first-order chi connectivity index (χ1) is 10.3. The quantitative estimate of drug-likeness (QED) is 0.794. The molecule has 1 aromatic heterocycles. The minimum atomic E-state index is 0.214. The lowest BCUT2D eigenvalue weighted by atomic mass is 10.0. The molecule has 4 nitrogen and oxygen atoms in total.